The van der Waals surface area contributed by atoms with Crippen LogP contribution in [0.1, 0.15) is 117 Å². The Kier molecular flexibility index (Phi) is 25.9. The number of aliphatic hydroxyl groups is 3. The fourth-order valence-electron chi connectivity index (χ4n) is 2.95. The van der Waals surface area contributed by atoms with Gasteiger partial charge in [-0.25, -0.2) is 0 Å². The lowest BCUT2D eigenvalue weighted by Gasteiger charge is -2.08. The third kappa shape index (κ3) is 28.8. The summed E-state index contributed by atoms with van der Waals surface area (Å²) < 4.78 is 4.86. The summed E-state index contributed by atoms with van der Waals surface area (Å²) in [5, 5.41) is 35.0. The van der Waals surface area contributed by atoms with Gasteiger partial charge in [0.25, 0.3) is 0 Å². The Morgan fingerprint density at radius 1 is 0.774 bits per heavy atom. The second-order valence-corrected chi connectivity index (χ2v) is 8.21. The minimum absolute atomic E-state index is 0.103. The molecule has 0 fully saturated rings. The number of hydrogen-bond donors (Lipinski definition) is 3. The normalized spacial score (nSPS) is 12.5. The molecule has 0 heterocycles. The molecule has 0 saturated heterocycles. The van der Waals surface area contributed by atoms with E-state index in [1.165, 1.54) is 83.5 Å². The Bertz CT molecular complexity index is 399. The van der Waals surface area contributed by atoms with Crippen molar-refractivity contribution >= 4 is 11.9 Å². The number of ether oxygens (including phenoxy) is 1. The molecule has 7 nitrogen and oxygen atoms in total. The molecule has 31 heavy (non-hydrogen) atoms. The van der Waals surface area contributed by atoms with Crippen molar-refractivity contribution < 1.29 is 34.8 Å². The molecular weight excluding hydrogens is 400 g/mol. The van der Waals surface area contributed by atoms with Gasteiger partial charge in [0.05, 0.1) is 18.7 Å². The number of aliphatic carboxylic acids is 1. The van der Waals surface area contributed by atoms with Gasteiger partial charge in [0, 0.05) is 6.42 Å². The fourth-order valence-corrected chi connectivity index (χ4v) is 2.95. The third-order valence-corrected chi connectivity index (χ3v) is 4.97. The second-order valence-electron chi connectivity index (χ2n) is 8.21. The van der Waals surface area contributed by atoms with E-state index in [2.05, 4.69) is 6.92 Å². The maximum Gasteiger partial charge on any atom is 0.305 e. The van der Waals surface area contributed by atoms with Gasteiger partial charge in [-0.2, -0.15) is 0 Å². The first-order valence-electron chi connectivity index (χ1n) is 12.2. The monoisotopic (exact) mass is 447 g/mol. The first-order valence-corrected chi connectivity index (χ1v) is 12.2. The lowest BCUT2D eigenvalue weighted by atomic mass is 10.0. The highest BCUT2D eigenvalue weighted by Gasteiger charge is 2.07. The highest BCUT2D eigenvalue weighted by molar-refractivity contribution is 5.69. The van der Waals surface area contributed by atoms with Crippen LogP contribution in [0, 0.1) is 0 Å². The summed E-state index contributed by atoms with van der Waals surface area (Å²) in [6.45, 7) is 2.93. The van der Waals surface area contributed by atoms with E-state index in [9.17, 15) is 14.7 Å². The zero-order valence-electron chi connectivity index (χ0n) is 19.9. The Hall–Kier alpha value is -1.18. The van der Waals surface area contributed by atoms with Crippen LogP contribution in [-0.4, -0.2) is 52.7 Å². The van der Waals surface area contributed by atoms with Crippen molar-refractivity contribution in [1.29, 1.82) is 0 Å². The second kappa shape index (κ2) is 25.1. The highest BCUT2D eigenvalue weighted by Crippen LogP contribution is 2.13. The predicted octanol–water partition coefficient (Wildman–Crippen LogP) is 3.26. The quantitative estimate of drug-likeness (QED) is 0.193. The lowest BCUT2D eigenvalue weighted by Crippen LogP contribution is -2.32. The lowest BCUT2D eigenvalue weighted by molar-refractivity contribution is -0.314. The first kappa shape index (κ1) is 32.0. The van der Waals surface area contributed by atoms with Gasteiger partial charge in [-0.05, 0) is 13.3 Å². The molecule has 186 valence electrons. The molecule has 0 bridgehead atoms. The summed E-state index contributed by atoms with van der Waals surface area (Å²) in [6, 6.07) is 0. The van der Waals surface area contributed by atoms with Crippen LogP contribution in [0.2, 0.25) is 0 Å². The van der Waals surface area contributed by atoms with Crippen LogP contribution >= 0.6 is 0 Å². The number of carboxylic acid groups (broad SMARTS) is 1. The largest absolute Gasteiger partial charge is 0.547 e. The Labute approximate surface area is 189 Å². The standard InChI is InChI=1S/C21H42O4.C3H6O3/c1-2-3-4-5-6-7-8-9-10-11-12-13-14-15-16-17-21(24)25-19-20(23)18-22;1-2(4)3(5)6/h20,22-23H,2-19H2,1H3;2,4H,1H3,(H,5,6)/p-1. The van der Waals surface area contributed by atoms with Gasteiger partial charge >= 0.3 is 5.97 Å². The molecule has 0 spiro atoms. The molecule has 0 aromatic carbocycles. The van der Waals surface area contributed by atoms with E-state index < -0.39 is 18.2 Å². The molecule has 2 unspecified atom stereocenters. The highest BCUT2D eigenvalue weighted by atomic mass is 16.5. The summed E-state index contributed by atoms with van der Waals surface area (Å²) in [6.07, 6.45) is 17.7. The van der Waals surface area contributed by atoms with E-state index in [0.29, 0.717) is 6.42 Å². The van der Waals surface area contributed by atoms with Crippen LogP contribution < -0.4 is 5.11 Å². The van der Waals surface area contributed by atoms with Crippen molar-refractivity contribution in [1.82, 2.24) is 0 Å². The van der Waals surface area contributed by atoms with E-state index in [4.69, 9.17) is 20.1 Å². The van der Waals surface area contributed by atoms with Crippen LogP contribution in [0.4, 0.5) is 0 Å². The van der Waals surface area contributed by atoms with Crippen LogP contribution in [-0.2, 0) is 14.3 Å². The molecule has 0 aliphatic carbocycles. The van der Waals surface area contributed by atoms with Gasteiger partial charge in [-0.1, -0.05) is 96.8 Å². The minimum Gasteiger partial charge on any atom is -0.547 e. The van der Waals surface area contributed by atoms with Crippen molar-refractivity contribution in [2.45, 2.75) is 129 Å². The molecule has 0 aromatic heterocycles. The molecule has 0 saturated carbocycles. The summed E-state index contributed by atoms with van der Waals surface area (Å²) >= 11 is 0. The van der Waals surface area contributed by atoms with Gasteiger partial charge < -0.3 is 30.0 Å². The van der Waals surface area contributed by atoms with Gasteiger partial charge in [-0.3, -0.25) is 4.79 Å². The topological polar surface area (TPSA) is 127 Å². The van der Waals surface area contributed by atoms with Crippen molar-refractivity contribution in [3.8, 4) is 0 Å². The van der Waals surface area contributed by atoms with Gasteiger partial charge in [0.1, 0.15) is 12.7 Å². The zero-order valence-corrected chi connectivity index (χ0v) is 19.9. The van der Waals surface area contributed by atoms with Gasteiger partial charge in [0.15, 0.2) is 0 Å². The van der Waals surface area contributed by atoms with Crippen molar-refractivity contribution in [3.63, 3.8) is 0 Å². The maximum atomic E-state index is 11.4. The van der Waals surface area contributed by atoms with Crippen LogP contribution in [0.3, 0.4) is 0 Å². The number of esters is 1. The van der Waals surface area contributed by atoms with E-state index >= 15 is 0 Å². The smallest absolute Gasteiger partial charge is 0.305 e. The third-order valence-electron chi connectivity index (χ3n) is 4.97. The predicted molar refractivity (Wildman–Crippen MR) is 120 cm³/mol. The number of rotatable bonds is 20. The molecule has 0 amide bonds. The number of carbonyl (C=O) groups is 2. The average molecular weight is 448 g/mol. The number of hydrogen-bond acceptors (Lipinski definition) is 7. The molecule has 3 N–H and O–H groups in total. The van der Waals surface area contributed by atoms with Crippen molar-refractivity contribution in [2.75, 3.05) is 13.2 Å². The molecule has 2 atom stereocenters. The Morgan fingerprint density at radius 2 is 1.13 bits per heavy atom. The van der Waals surface area contributed by atoms with Crippen LogP contribution in [0.5, 0.6) is 0 Å². The summed E-state index contributed by atoms with van der Waals surface area (Å²) in [5.74, 6) is -1.71. The van der Waals surface area contributed by atoms with E-state index in [1.807, 2.05) is 0 Å². The van der Waals surface area contributed by atoms with E-state index in [0.717, 1.165) is 19.8 Å². The Morgan fingerprint density at radius 3 is 1.45 bits per heavy atom. The van der Waals surface area contributed by atoms with Crippen molar-refractivity contribution in [3.05, 3.63) is 0 Å². The SMILES string of the molecule is CC(O)C(=O)[O-].CCCCCCCCCCCCCCCCCC(=O)OCC(O)CO. The number of aliphatic hydroxyl groups excluding tert-OH is 3. The first-order chi connectivity index (χ1) is 14.8. The summed E-state index contributed by atoms with van der Waals surface area (Å²) in [7, 11) is 0. The van der Waals surface area contributed by atoms with Crippen LogP contribution in [0.25, 0.3) is 0 Å². The van der Waals surface area contributed by atoms with E-state index in [1.54, 1.807) is 0 Å². The van der Waals surface area contributed by atoms with Crippen molar-refractivity contribution in [2.24, 2.45) is 0 Å². The van der Waals surface area contributed by atoms with Crippen LogP contribution in [0.15, 0.2) is 0 Å². The van der Waals surface area contributed by atoms with Gasteiger partial charge in [0.2, 0.25) is 0 Å². The molecule has 7 heteroatoms. The minimum atomic E-state index is -1.44. The Balaban J connectivity index is 0. The molecule has 0 rings (SSSR count). The fraction of sp³-hybridized carbons (Fsp3) is 0.917. The van der Waals surface area contributed by atoms with Gasteiger partial charge in [-0.15, -0.1) is 0 Å². The molecule has 0 aromatic rings. The summed E-state index contributed by atoms with van der Waals surface area (Å²) in [4.78, 5) is 20.7. The maximum absolute atomic E-state index is 11.4. The molecule has 0 aliphatic heterocycles. The summed E-state index contributed by atoms with van der Waals surface area (Å²) in [5.41, 5.74) is 0. The number of carbonyl (C=O) groups excluding carboxylic acids is 2. The number of unbranched alkanes of at least 4 members (excludes halogenated alkanes) is 14. The molecule has 0 radical (unpaired) electrons. The molecular formula is C24H47O7-. The zero-order chi connectivity index (χ0) is 23.7. The van der Waals surface area contributed by atoms with E-state index in [-0.39, 0.29) is 19.2 Å². The number of carboxylic acids is 1. The average Bonchev–Trinajstić information content (AvgIpc) is 2.75. The molecule has 0 aliphatic rings.